The summed E-state index contributed by atoms with van der Waals surface area (Å²) in [5, 5.41) is 3.36. The Morgan fingerprint density at radius 2 is 2.27 bits per heavy atom. The summed E-state index contributed by atoms with van der Waals surface area (Å²) in [5.74, 6) is 0. The van der Waals surface area contributed by atoms with Crippen LogP contribution in [0.25, 0.3) is 0 Å². The van der Waals surface area contributed by atoms with Gasteiger partial charge in [-0.05, 0) is 46.6 Å². The molecular weight excluding hydrogens is 280 g/mol. The highest BCUT2D eigenvalue weighted by Crippen LogP contribution is 2.22. The lowest BCUT2D eigenvalue weighted by Crippen LogP contribution is -2.40. The minimum atomic E-state index is -0.436. The lowest BCUT2D eigenvalue weighted by atomic mass is 10.1. The average Bonchev–Trinajstić information content (AvgIpc) is 2.91. The molecule has 0 radical (unpaired) electrons. The molecule has 1 aromatic heterocycles. The van der Waals surface area contributed by atoms with Crippen LogP contribution in [0, 0.1) is 0 Å². The van der Waals surface area contributed by atoms with Crippen LogP contribution in [-0.4, -0.2) is 45.7 Å². The van der Waals surface area contributed by atoms with Gasteiger partial charge in [-0.1, -0.05) is 0 Å². The van der Waals surface area contributed by atoms with E-state index in [2.05, 4.69) is 15.3 Å². The molecule has 2 rings (SSSR count). The fourth-order valence-corrected chi connectivity index (χ4v) is 2.60. The highest BCUT2D eigenvalue weighted by molar-refractivity contribution is 5.68. The molecule has 0 spiro atoms. The quantitative estimate of drug-likeness (QED) is 0.846. The van der Waals surface area contributed by atoms with Gasteiger partial charge in [-0.3, -0.25) is 9.97 Å². The molecule has 1 aliphatic heterocycles. The van der Waals surface area contributed by atoms with Crippen LogP contribution < -0.4 is 5.32 Å². The van der Waals surface area contributed by atoms with Gasteiger partial charge >= 0.3 is 6.09 Å². The van der Waals surface area contributed by atoms with Crippen molar-refractivity contribution in [3.8, 4) is 0 Å². The standard InChI is InChI=1S/C16H26N4O2/c1-16(2,3)22-15(21)20-10-4-5-14(20)6-7-17-11-13-12-18-8-9-19-13/h8-9,12,14,17H,4-7,10-11H2,1-3H3. The molecule has 0 aromatic carbocycles. The second-order valence-corrected chi connectivity index (χ2v) is 6.63. The first-order valence-electron chi connectivity index (χ1n) is 7.91. The van der Waals surface area contributed by atoms with Gasteiger partial charge in [0.15, 0.2) is 0 Å². The van der Waals surface area contributed by atoms with E-state index in [-0.39, 0.29) is 12.1 Å². The summed E-state index contributed by atoms with van der Waals surface area (Å²) in [7, 11) is 0. The molecule has 1 saturated heterocycles. The van der Waals surface area contributed by atoms with Crippen LogP contribution in [-0.2, 0) is 11.3 Å². The van der Waals surface area contributed by atoms with Crippen LogP contribution in [0.2, 0.25) is 0 Å². The van der Waals surface area contributed by atoms with Crippen molar-refractivity contribution in [1.82, 2.24) is 20.2 Å². The number of nitrogens with zero attached hydrogens (tertiary/aromatic N) is 3. The molecule has 122 valence electrons. The van der Waals surface area contributed by atoms with Crippen molar-refractivity contribution in [3.63, 3.8) is 0 Å². The molecule has 1 aliphatic rings. The van der Waals surface area contributed by atoms with E-state index in [0.717, 1.165) is 38.0 Å². The Hall–Kier alpha value is -1.69. The summed E-state index contributed by atoms with van der Waals surface area (Å²) in [6, 6.07) is 0.268. The van der Waals surface area contributed by atoms with Crippen LogP contribution in [0.15, 0.2) is 18.6 Å². The minimum absolute atomic E-state index is 0.191. The largest absolute Gasteiger partial charge is 0.444 e. The van der Waals surface area contributed by atoms with Gasteiger partial charge in [-0.25, -0.2) is 4.79 Å². The normalized spacial score (nSPS) is 18.5. The van der Waals surface area contributed by atoms with Crippen LogP contribution in [0.3, 0.4) is 0 Å². The predicted octanol–water partition coefficient (Wildman–Crippen LogP) is 2.36. The maximum atomic E-state index is 12.2. The van der Waals surface area contributed by atoms with Crippen molar-refractivity contribution in [3.05, 3.63) is 24.3 Å². The van der Waals surface area contributed by atoms with Crippen molar-refractivity contribution < 1.29 is 9.53 Å². The molecule has 0 aliphatic carbocycles. The Morgan fingerprint density at radius 1 is 1.45 bits per heavy atom. The van der Waals surface area contributed by atoms with Gasteiger partial charge < -0.3 is 15.0 Å². The Bertz CT molecular complexity index is 473. The van der Waals surface area contributed by atoms with Crippen LogP contribution in [0.5, 0.6) is 0 Å². The number of hydrogen-bond acceptors (Lipinski definition) is 5. The smallest absolute Gasteiger partial charge is 0.410 e. The topological polar surface area (TPSA) is 67.3 Å². The number of aromatic nitrogens is 2. The van der Waals surface area contributed by atoms with Crippen LogP contribution in [0.4, 0.5) is 4.79 Å². The Morgan fingerprint density at radius 3 is 2.95 bits per heavy atom. The number of carbonyl (C=O) groups excluding carboxylic acids is 1. The van der Waals surface area contributed by atoms with Gasteiger partial charge in [0.2, 0.25) is 0 Å². The van der Waals surface area contributed by atoms with Gasteiger partial charge in [0, 0.05) is 37.7 Å². The van der Waals surface area contributed by atoms with E-state index in [4.69, 9.17) is 4.74 Å². The molecule has 6 nitrogen and oxygen atoms in total. The zero-order valence-electron chi connectivity index (χ0n) is 13.7. The number of carbonyl (C=O) groups is 1. The number of amides is 1. The highest BCUT2D eigenvalue weighted by Gasteiger charge is 2.31. The van der Waals surface area contributed by atoms with Crippen molar-refractivity contribution in [2.75, 3.05) is 13.1 Å². The molecule has 1 amide bonds. The number of likely N-dealkylation sites (tertiary alicyclic amines) is 1. The highest BCUT2D eigenvalue weighted by atomic mass is 16.6. The van der Waals surface area contributed by atoms with E-state index >= 15 is 0 Å². The third-order valence-corrected chi connectivity index (χ3v) is 3.58. The number of hydrogen-bond donors (Lipinski definition) is 1. The van der Waals surface area contributed by atoms with E-state index in [1.165, 1.54) is 0 Å². The first-order chi connectivity index (χ1) is 10.5. The number of ether oxygens (including phenoxy) is 1. The van der Waals surface area contributed by atoms with E-state index in [9.17, 15) is 4.79 Å². The van der Waals surface area contributed by atoms with Gasteiger partial charge in [0.1, 0.15) is 5.60 Å². The zero-order chi connectivity index (χ0) is 16.0. The zero-order valence-corrected chi connectivity index (χ0v) is 13.7. The molecule has 0 saturated carbocycles. The first-order valence-corrected chi connectivity index (χ1v) is 7.91. The summed E-state index contributed by atoms with van der Waals surface area (Å²) in [6.07, 6.45) is 7.96. The second-order valence-electron chi connectivity index (χ2n) is 6.63. The Kier molecular flexibility index (Phi) is 5.71. The van der Waals surface area contributed by atoms with Crippen LogP contribution >= 0.6 is 0 Å². The van der Waals surface area contributed by atoms with Crippen molar-refractivity contribution in [1.29, 1.82) is 0 Å². The Labute approximate surface area is 132 Å². The van der Waals surface area contributed by atoms with Gasteiger partial charge in [0.05, 0.1) is 5.69 Å². The molecular formula is C16H26N4O2. The molecule has 1 fully saturated rings. The lowest BCUT2D eigenvalue weighted by Gasteiger charge is -2.28. The van der Waals surface area contributed by atoms with Crippen molar-refractivity contribution in [2.45, 2.75) is 58.2 Å². The summed E-state index contributed by atoms with van der Waals surface area (Å²) in [4.78, 5) is 22.3. The molecule has 2 heterocycles. The molecule has 1 unspecified atom stereocenters. The Balaban J connectivity index is 1.73. The molecule has 0 bridgehead atoms. The maximum absolute atomic E-state index is 12.2. The number of rotatable bonds is 5. The molecule has 1 aromatic rings. The van der Waals surface area contributed by atoms with Crippen molar-refractivity contribution >= 4 is 6.09 Å². The van der Waals surface area contributed by atoms with E-state index in [0.29, 0.717) is 6.54 Å². The minimum Gasteiger partial charge on any atom is -0.444 e. The second kappa shape index (κ2) is 7.54. The van der Waals surface area contributed by atoms with Gasteiger partial charge in [-0.2, -0.15) is 0 Å². The van der Waals surface area contributed by atoms with Crippen LogP contribution in [0.1, 0.15) is 45.7 Å². The predicted molar refractivity (Wildman–Crippen MR) is 84.3 cm³/mol. The summed E-state index contributed by atoms with van der Waals surface area (Å²) >= 11 is 0. The lowest BCUT2D eigenvalue weighted by molar-refractivity contribution is 0.0220. The number of nitrogens with one attached hydrogen (secondary N) is 1. The first kappa shape index (κ1) is 16.7. The fourth-order valence-electron chi connectivity index (χ4n) is 2.60. The molecule has 1 N–H and O–H groups in total. The molecule has 6 heteroatoms. The monoisotopic (exact) mass is 306 g/mol. The molecule has 1 atom stereocenters. The van der Waals surface area contributed by atoms with Crippen molar-refractivity contribution in [2.24, 2.45) is 0 Å². The fraction of sp³-hybridized carbons (Fsp3) is 0.688. The van der Waals surface area contributed by atoms with E-state index in [1.807, 2.05) is 25.7 Å². The maximum Gasteiger partial charge on any atom is 0.410 e. The van der Waals surface area contributed by atoms with Gasteiger partial charge in [0.25, 0.3) is 0 Å². The third-order valence-electron chi connectivity index (χ3n) is 3.58. The summed E-state index contributed by atoms with van der Waals surface area (Å²) in [6.45, 7) is 8.05. The summed E-state index contributed by atoms with van der Waals surface area (Å²) in [5.41, 5.74) is 0.493. The van der Waals surface area contributed by atoms with E-state index < -0.39 is 5.60 Å². The van der Waals surface area contributed by atoms with E-state index in [1.54, 1.807) is 18.6 Å². The molecule has 22 heavy (non-hydrogen) atoms. The summed E-state index contributed by atoms with van der Waals surface area (Å²) < 4.78 is 5.48. The SMILES string of the molecule is CC(C)(C)OC(=O)N1CCCC1CCNCc1cnccn1. The third kappa shape index (κ3) is 5.26. The van der Waals surface area contributed by atoms with Gasteiger partial charge in [-0.15, -0.1) is 0 Å². The average molecular weight is 306 g/mol.